The number of aryl methyl sites for hydroxylation is 1. The van der Waals surface area contributed by atoms with Crippen molar-refractivity contribution in [1.82, 2.24) is 9.78 Å². The van der Waals surface area contributed by atoms with E-state index in [0.717, 1.165) is 43.5 Å². The first kappa shape index (κ1) is 19.3. The highest BCUT2D eigenvalue weighted by atomic mass is 19.4. The van der Waals surface area contributed by atoms with Crippen LogP contribution in [0.25, 0.3) is 11.9 Å². The van der Waals surface area contributed by atoms with Crippen LogP contribution in [0, 0.1) is 12.7 Å². The summed E-state index contributed by atoms with van der Waals surface area (Å²) in [5.41, 5.74) is 0.791. The molecule has 0 amide bonds. The van der Waals surface area contributed by atoms with Crippen LogP contribution in [-0.4, -0.2) is 22.7 Å². The zero-order valence-corrected chi connectivity index (χ0v) is 14.4. The van der Waals surface area contributed by atoms with Gasteiger partial charge in [-0.3, -0.25) is 0 Å². The van der Waals surface area contributed by atoms with Gasteiger partial charge in [0, 0.05) is 12.3 Å². The van der Waals surface area contributed by atoms with Crippen LogP contribution in [0.2, 0.25) is 0 Å². The Morgan fingerprint density at radius 1 is 1.30 bits per heavy atom. The zero-order valence-electron chi connectivity index (χ0n) is 14.4. The molecule has 1 aliphatic rings. The zero-order chi connectivity index (χ0) is 19.6. The molecule has 1 aromatic heterocycles. The highest BCUT2D eigenvalue weighted by molar-refractivity contribution is 5.75. The molecule has 3 rings (SSSR count). The quantitative estimate of drug-likeness (QED) is 0.659. The van der Waals surface area contributed by atoms with Crippen molar-refractivity contribution < 1.29 is 31.4 Å². The van der Waals surface area contributed by atoms with E-state index < -0.39 is 23.8 Å². The molecule has 1 unspecified atom stereocenters. The maximum absolute atomic E-state index is 14.5. The number of rotatable bonds is 4. The Hall–Kier alpha value is -2.42. The van der Waals surface area contributed by atoms with Crippen molar-refractivity contribution in [2.75, 3.05) is 6.61 Å². The number of halogens is 5. The third-order valence-corrected chi connectivity index (χ3v) is 4.07. The first-order chi connectivity index (χ1) is 12.7. The summed E-state index contributed by atoms with van der Waals surface area (Å²) in [5.74, 6) is -2.96. The van der Waals surface area contributed by atoms with Gasteiger partial charge in [-0.15, -0.1) is 13.2 Å². The monoisotopic (exact) mass is 388 g/mol. The normalized spacial score (nSPS) is 18.6. The van der Waals surface area contributed by atoms with Crippen molar-refractivity contribution in [2.24, 2.45) is 0 Å². The Labute approximate surface area is 152 Å². The van der Waals surface area contributed by atoms with Crippen molar-refractivity contribution in [3.63, 3.8) is 0 Å². The second-order valence-corrected chi connectivity index (χ2v) is 6.17. The minimum Gasteiger partial charge on any atom is -0.403 e. The highest BCUT2D eigenvalue weighted by Gasteiger charge is 2.32. The Balaban J connectivity index is 1.80. The number of nitrogens with zero attached hydrogens (tertiary/aromatic N) is 2. The molecule has 1 aliphatic heterocycles. The summed E-state index contributed by atoms with van der Waals surface area (Å²) in [5, 5.41) is 4.20. The Bertz CT molecular complexity index is 839. The summed E-state index contributed by atoms with van der Waals surface area (Å²) in [4.78, 5) is 0. The average Bonchev–Trinajstić information content (AvgIpc) is 2.99. The molecule has 0 aliphatic carbocycles. The predicted octanol–water partition coefficient (Wildman–Crippen LogP) is 5.40. The SMILES string of the molecule is Cc1cc(C(F)=Cc2ccc(OC(F)(F)F)c(F)c2)nn1C1CCCCO1. The molecule has 0 bridgehead atoms. The van der Waals surface area contributed by atoms with Crippen molar-refractivity contribution in [2.45, 2.75) is 38.8 Å². The molecule has 1 aromatic carbocycles. The van der Waals surface area contributed by atoms with Crippen LogP contribution < -0.4 is 4.74 Å². The van der Waals surface area contributed by atoms with Gasteiger partial charge in [0.25, 0.3) is 0 Å². The molecule has 2 aromatic rings. The second kappa shape index (κ2) is 7.67. The van der Waals surface area contributed by atoms with E-state index >= 15 is 0 Å². The molecule has 0 N–H and O–H groups in total. The number of aromatic nitrogens is 2. The van der Waals surface area contributed by atoms with Gasteiger partial charge >= 0.3 is 6.36 Å². The molecule has 2 heterocycles. The second-order valence-electron chi connectivity index (χ2n) is 6.17. The Kier molecular flexibility index (Phi) is 5.50. The summed E-state index contributed by atoms with van der Waals surface area (Å²) < 4.78 is 75.5. The molecule has 1 fully saturated rings. The first-order valence-corrected chi connectivity index (χ1v) is 8.33. The minimum absolute atomic E-state index is 0.0395. The Morgan fingerprint density at radius 2 is 2.07 bits per heavy atom. The van der Waals surface area contributed by atoms with Crippen molar-refractivity contribution >= 4 is 11.9 Å². The minimum atomic E-state index is -5.00. The van der Waals surface area contributed by atoms with Crippen LogP contribution in [0.1, 0.15) is 42.4 Å². The maximum Gasteiger partial charge on any atom is 0.573 e. The molecule has 1 saturated heterocycles. The van der Waals surface area contributed by atoms with Crippen molar-refractivity contribution in [3.05, 3.63) is 47.0 Å². The molecule has 27 heavy (non-hydrogen) atoms. The fourth-order valence-corrected chi connectivity index (χ4v) is 2.85. The summed E-state index contributed by atoms with van der Waals surface area (Å²) in [6.45, 7) is 2.38. The number of ether oxygens (including phenoxy) is 2. The van der Waals surface area contributed by atoms with Crippen LogP contribution in [0.3, 0.4) is 0 Å². The van der Waals surface area contributed by atoms with Crippen molar-refractivity contribution in [1.29, 1.82) is 0 Å². The average molecular weight is 388 g/mol. The van der Waals surface area contributed by atoms with E-state index in [1.807, 2.05) is 0 Å². The third-order valence-electron chi connectivity index (χ3n) is 4.07. The van der Waals surface area contributed by atoms with Gasteiger partial charge in [-0.1, -0.05) is 6.07 Å². The summed E-state index contributed by atoms with van der Waals surface area (Å²) >= 11 is 0. The molecule has 1 atom stereocenters. The van der Waals surface area contributed by atoms with Gasteiger partial charge in [0.1, 0.15) is 11.9 Å². The molecule has 9 heteroatoms. The highest BCUT2D eigenvalue weighted by Crippen LogP contribution is 2.29. The van der Waals surface area contributed by atoms with Crippen LogP contribution in [-0.2, 0) is 4.74 Å². The lowest BCUT2D eigenvalue weighted by atomic mass is 10.1. The van der Waals surface area contributed by atoms with Gasteiger partial charge in [-0.25, -0.2) is 13.5 Å². The lowest BCUT2D eigenvalue weighted by molar-refractivity contribution is -0.275. The predicted molar refractivity (Wildman–Crippen MR) is 87.9 cm³/mol. The number of hydrogen-bond acceptors (Lipinski definition) is 3. The summed E-state index contributed by atoms with van der Waals surface area (Å²) in [7, 11) is 0. The summed E-state index contributed by atoms with van der Waals surface area (Å²) in [6.07, 6.45) is -1.53. The molecule has 0 radical (unpaired) electrons. The van der Waals surface area contributed by atoms with Gasteiger partial charge in [-0.2, -0.15) is 5.10 Å². The summed E-state index contributed by atoms with van der Waals surface area (Å²) in [6, 6.07) is 4.20. The number of alkyl halides is 3. The van der Waals surface area contributed by atoms with Gasteiger partial charge in [-0.05, 0) is 56.0 Å². The fourth-order valence-electron chi connectivity index (χ4n) is 2.85. The topological polar surface area (TPSA) is 36.3 Å². The van der Waals surface area contributed by atoms with E-state index in [2.05, 4.69) is 9.84 Å². The smallest absolute Gasteiger partial charge is 0.403 e. The van der Waals surface area contributed by atoms with E-state index in [4.69, 9.17) is 4.74 Å². The number of hydrogen-bond donors (Lipinski definition) is 0. The van der Waals surface area contributed by atoms with E-state index in [0.29, 0.717) is 12.3 Å². The Morgan fingerprint density at radius 3 is 2.70 bits per heavy atom. The van der Waals surface area contributed by atoms with Crippen LogP contribution in [0.4, 0.5) is 22.0 Å². The lowest BCUT2D eigenvalue weighted by Gasteiger charge is -2.23. The molecule has 146 valence electrons. The van der Waals surface area contributed by atoms with Crippen LogP contribution in [0.15, 0.2) is 24.3 Å². The van der Waals surface area contributed by atoms with E-state index in [1.54, 1.807) is 11.6 Å². The van der Waals surface area contributed by atoms with Gasteiger partial charge in [0.05, 0.1) is 0 Å². The molecule has 0 spiro atoms. The molecule has 0 saturated carbocycles. The van der Waals surface area contributed by atoms with E-state index in [1.165, 1.54) is 6.07 Å². The third kappa shape index (κ3) is 4.85. The van der Waals surface area contributed by atoms with Crippen LogP contribution in [0.5, 0.6) is 5.75 Å². The van der Waals surface area contributed by atoms with Crippen molar-refractivity contribution in [3.8, 4) is 5.75 Å². The van der Waals surface area contributed by atoms with Crippen LogP contribution >= 0.6 is 0 Å². The van der Waals surface area contributed by atoms with Gasteiger partial charge < -0.3 is 9.47 Å². The molecule has 4 nitrogen and oxygen atoms in total. The fraction of sp³-hybridized carbons (Fsp3) is 0.389. The van der Waals surface area contributed by atoms with Gasteiger partial charge in [0.15, 0.2) is 17.4 Å². The molecular weight excluding hydrogens is 371 g/mol. The van der Waals surface area contributed by atoms with Gasteiger partial charge in [0.2, 0.25) is 0 Å². The number of benzene rings is 1. The maximum atomic E-state index is 14.5. The lowest BCUT2D eigenvalue weighted by Crippen LogP contribution is -2.20. The first-order valence-electron chi connectivity index (χ1n) is 8.33. The molecular formula is C18H17F5N2O2. The standard InChI is InChI=1S/C18H17F5N2O2/c1-11-8-15(24-25(11)17-4-2-3-7-26-17)13(19)9-12-5-6-16(14(20)10-12)27-18(21,22)23/h5-6,8-10,17H,2-4,7H2,1H3. The largest absolute Gasteiger partial charge is 0.573 e. The van der Waals surface area contributed by atoms with E-state index in [9.17, 15) is 22.0 Å². The van der Waals surface area contributed by atoms with E-state index in [-0.39, 0.29) is 17.5 Å².